The third-order valence-corrected chi connectivity index (χ3v) is 6.27. The number of sulfone groups is 1. The van der Waals surface area contributed by atoms with Crippen molar-refractivity contribution in [2.75, 3.05) is 49.8 Å². The van der Waals surface area contributed by atoms with E-state index in [4.69, 9.17) is 16.3 Å². The van der Waals surface area contributed by atoms with Crippen LogP contribution in [-0.2, 0) is 9.84 Å². The SMILES string of the molecule is COc1ccc(Cl)cc1C(C)Nc1cc(N2CCNCC2)ccc1S(C)(=O)=O.Cl. The summed E-state index contributed by atoms with van der Waals surface area (Å²) in [7, 11) is -1.78. The van der Waals surface area contributed by atoms with Gasteiger partial charge in [-0.15, -0.1) is 12.4 Å². The first-order valence-corrected chi connectivity index (χ1v) is 11.5. The molecule has 1 saturated heterocycles. The van der Waals surface area contributed by atoms with Gasteiger partial charge in [0.2, 0.25) is 0 Å². The lowest BCUT2D eigenvalue weighted by atomic mass is 10.1. The predicted octanol–water partition coefficient (Wildman–Crippen LogP) is 3.76. The number of benzene rings is 2. The van der Waals surface area contributed by atoms with Crippen molar-refractivity contribution in [2.24, 2.45) is 0 Å². The highest BCUT2D eigenvalue weighted by atomic mass is 35.5. The largest absolute Gasteiger partial charge is 0.496 e. The van der Waals surface area contributed by atoms with Crippen molar-refractivity contribution in [3.63, 3.8) is 0 Å². The highest BCUT2D eigenvalue weighted by Gasteiger charge is 2.20. The Morgan fingerprint density at radius 2 is 1.86 bits per heavy atom. The van der Waals surface area contributed by atoms with Crippen LogP contribution in [0.2, 0.25) is 5.02 Å². The molecule has 0 bridgehead atoms. The lowest BCUT2D eigenvalue weighted by Gasteiger charge is -2.30. The van der Waals surface area contributed by atoms with Crippen molar-refractivity contribution in [1.82, 2.24) is 5.32 Å². The van der Waals surface area contributed by atoms with Crippen molar-refractivity contribution in [3.05, 3.63) is 47.0 Å². The zero-order chi connectivity index (χ0) is 20.3. The molecular weight excluding hydrogens is 433 g/mol. The van der Waals surface area contributed by atoms with Crippen LogP contribution >= 0.6 is 24.0 Å². The number of ether oxygens (including phenoxy) is 1. The molecule has 0 radical (unpaired) electrons. The van der Waals surface area contributed by atoms with E-state index < -0.39 is 9.84 Å². The summed E-state index contributed by atoms with van der Waals surface area (Å²) in [5, 5.41) is 7.28. The normalized spacial score (nSPS) is 15.4. The van der Waals surface area contributed by atoms with E-state index in [1.165, 1.54) is 6.26 Å². The summed E-state index contributed by atoms with van der Waals surface area (Å²) < 4.78 is 30.1. The van der Waals surface area contributed by atoms with E-state index in [9.17, 15) is 8.42 Å². The van der Waals surface area contributed by atoms with Gasteiger partial charge in [-0.3, -0.25) is 0 Å². The Balaban J connectivity index is 0.00000300. The Morgan fingerprint density at radius 1 is 1.17 bits per heavy atom. The van der Waals surface area contributed by atoms with Gasteiger partial charge in [-0.2, -0.15) is 0 Å². The smallest absolute Gasteiger partial charge is 0.177 e. The minimum Gasteiger partial charge on any atom is -0.496 e. The van der Waals surface area contributed by atoms with E-state index in [1.54, 1.807) is 19.2 Å². The molecule has 3 rings (SSSR count). The molecule has 9 heteroatoms. The molecule has 0 aliphatic carbocycles. The van der Waals surface area contributed by atoms with Crippen molar-refractivity contribution in [3.8, 4) is 5.75 Å². The van der Waals surface area contributed by atoms with Crippen LogP contribution in [0.5, 0.6) is 5.75 Å². The summed E-state index contributed by atoms with van der Waals surface area (Å²) in [6.07, 6.45) is 1.22. The second-order valence-corrected chi connectivity index (χ2v) is 9.36. The highest BCUT2D eigenvalue weighted by Crippen LogP contribution is 2.34. The highest BCUT2D eigenvalue weighted by molar-refractivity contribution is 7.90. The molecule has 0 aromatic heterocycles. The summed E-state index contributed by atoms with van der Waals surface area (Å²) in [6, 6.07) is 10.7. The average molecular weight is 460 g/mol. The molecule has 2 N–H and O–H groups in total. The van der Waals surface area contributed by atoms with E-state index >= 15 is 0 Å². The van der Waals surface area contributed by atoms with Crippen molar-refractivity contribution in [2.45, 2.75) is 17.9 Å². The zero-order valence-electron chi connectivity index (χ0n) is 16.7. The first-order chi connectivity index (χ1) is 13.3. The van der Waals surface area contributed by atoms with Crippen molar-refractivity contribution < 1.29 is 13.2 Å². The van der Waals surface area contributed by atoms with Crippen molar-refractivity contribution >= 4 is 45.2 Å². The van der Waals surface area contributed by atoms with Crippen LogP contribution in [0.1, 0.15) is 18.5 Å². The molecule has 0 spiro atoms. The summed E-state index contributed by atoms with van der Waals surface area (Å²) in [5.74, 6) is 0.698. The molecule has 1 heterocycles. The Kier molecular flexibility index (Phi) is 8.05. The number of halogens is 2. The van der Waals surface area contributed by atoms with E-state index in [1.807, 2.05) is 31.2 Å². The number of anilines is 2. The lowest BCUT2D eigenvalue weighted by molar-refractivity contribution is 0.408. The van der Waals surface area contributed by atoms with Crippen LogP contribution in [0.4, 0.5) is 11.4 Å². The fraction of sp³-hybridized carbons (Fsp3) is 0.400. The topological polar surface area (TPSA) is 70.7 Å². The van der Waals surface area contributed by atoms with Gasteiger partial charge >= 0.3 is 0 Å². The fourth-order valence-corrected chi connectivity index (χ4v) is 4.44. The second kappa shape index (κ2) is 9.89. The van der Waals surface area contributed by atoms with Crippen LogP contribution in [0, 0.1) is 0 Å². The quantitative estimate of drug-likeness (QED) is 0.684. The molecule has 160 valence electrons. The summed E-state index contributed by atoms with van der Waals surface area (Å²) in [5.41, 5.74) is 2.44. The van der Waals surface area contributed by atoms with E-state index in [0.29, 0.717) is 16.5 Å². The number of nitrogens with zero attached hydrogens (tertiary/aromatic N) is 1. The second-order valence-electron chi connectivity index (χ2n) is 6.94. The molecule has 2 aromatic rings. The molecule has 1 fully saturated rings. The number of nitrogens with one attached hydrogen (secondary N) is 2. The first kappa shape index (κ1) is 23.6. The number of rotatable bonds is 6. The van der Waals surface area contributed by atoms with Gasteiger partial charge in [0.15, 0.2) is 9.84 Å². The lowest BCUT2D eigenvalue weighted by Crippen LogP contribution is -2.43. The molecule has 0 amide bonds. The zero-order valence-corrected chi connectivity index (χ0v) is 19.1. The van der Waals surface area contributed by atoms with Gasteiger partial charge in [-0.05, 0) is 43.3 Å². The number of piperazine rings is 1. The predicted molar refractivity (Wildman–Crippen MR) is 122 cm³/mol. The summed E-state index contributed by atoms with van der Waals surface area (Å²) >= 11 is 6.16. The first-order valence-electron chi connectivity index (χ1n) is 9.19. The molecular formula is C20H27Cl2N3O3S. The minimum atomic E-state index is -3.38. The maximum Gasteiger partial charge on any atom is 0.177 e. The van der Waals surface area contributed by atoms with Crippen LogP contribution in [0.3, 0.4) is 0 Å². The molecule has 1 aliphatic rings. The van der Waals surface area contributed by atoms with Gasteiger partial charge < -0.3 is 20.3 Å². The average Bonchev–Trinajstić information content (AvgIpc) is 2.67. The number of hydrogen-bond donors (Lipinski definition) is 2. The van der Waals surface area contributed by atoms with Crippen LogP contribution < -0.4 is 20.3 Å². The van der Waals surface area contributed by atoms with Gasteiger partial charge in [-0.25, -0.2) is 8.42 Å². The van der Waals surface area contributed by atoms with Gasteiger partial charge in [0.25, 0.3) is 0 Å². The maximum absolute atomic E-state index is 12.3. The molecule has 6 nitrogen and oxygen atoms in total. The van der Waals surface area contributed by atoms with Gasteiger partial charge in [0.1, 0.15) is 5.75 Å². The van der Waals surface area contributed by atoms with Crippen LogP contribution in [-0.4, -0.2) is 48.0 Å². The Hall–Kier alpha value is -1.67. The van der Waals surface area contributed by atoms with Crippen LogP contribution in [0.25, 0.3) is 0 Å². The summed E-state index contributed by atoms with van der Waals surface area (Å²) in [4.78, 5) is 2.53. The Bertz CT molecular complexity index is 948. The third kappa shape index (κ3) is 5.69. The number of hydrogen-bond acceptors (Lipinski definition) is 6. The van der Waals surface area contributed by atoms with E-state index in [-0.39, 0.29) is 23.3 Å². The number of methoxy groups -OCH3 is 1. The Labute approximate surface area is 183 Å². The van der Waals surface area contributed by atoms with Crippen molar-refractivity contribution in [1.29, 1.82) is 0 Å². The molecule has 2 aromatic carbocycles. The van der Waals surface area contributed by atoms with E-state index in [0.717, 1.165) is 37.4 Å². The summed E-state index contributed by atoms with van der Waals surface area (Å²) in [6.45, 7) is 5.54. The van der Waals surface area contributed by atoms with E-state index in [2.05, 4.69) is 15.5 Å². The fourth-order valence-electron chi connectivity index (χ4n) is 3.43. The van der Waals surface area contributed by atoms with Gasteiger partial charge in [-0.1, -0.05) is 11.6 Å². The maximum atomic E-state index is 12.3. The van der Waals surface area contributed by atoms with Gasteiger partial charge in [0.05, 0.1) is 23.7 Å². The Morgan fingerprint density at radius 3 is 2.48 bits per heavy atom. The molecule has 1 unspecified atom stereocenters. The molecule has 0 saturated carbocycles. The van der Waals surface area contributed by atoms with Gasteiger partial charge in [0, 0.05) is 48.7 Å². The minimum absolute atomic E-state index is 0. The molecule has 1 aliphatic heterocycles. The monoisotopic (exact) mass is 459 g/mol. The third-order valence-electron chi connectivity index (χ3n) is 4.88. The molecule has 1 atom stereocenters. The standard InChI is InChI=1S/C20H26ClN3O3S.ClH/c1-14(17-12-15(21)4-6-19(17)27-2)23-18-13-16(24-10-8-22-9-11-24)5-7-20(18)28(3,25)26;/h4-7,12-14,22-23H,8-11H2,1-3H3;1H. The van der Waals surface area contributed by atoms with Crippen LogP contribution in [0.15, 0.2) is 41.3 Å². The molecule has 29 heavy (non-hydrogen) atoms.